The summed E-state index contributed by atoms with van der Waals surface area (Å²) in [5, 5.41) is 7.69. The molecule has 0 aliphatic carbocycles. The third-order valence-corrected chi connectivity index (χ3v) is 2.09. The first-order valence-corrected chi connectivity index (χ1v) is 5.28. The molecule has 0 saturated carbocycles. The molecule has 1 aromatic carbocycles. The van der Waals surface area contributed by atoms with Gasteiger partial charge in [-0.2, -0.15) is 5.10 Å². The topological polar surface area (TPSA) is 36.4 Å². The highest BCUT2D eigenvalue weighted by Gasteiger charge is 1.95. The van der Waals surface area contributed by atoms with E-state index in [2.05, 4.69) is 15.8 Å². The van der Waals surface area contributed by atoms with Crippen molar-refractivity contribution in [1.82, 2.24) is 10.7 Å². The summed E-state index contributed by atoms with van der Waals surface area (Å²) in [6.07, 6.45) is 0. The Morgan fingerprint density at radius 3 is 2.60 bits per heavy atom. The number of rotatable bonds is 3. The minimum absolute atomic E-state index is 0.549. The second kappa shape index (κ2) is 6.14. The Morgan fingerprint density at radius 2 is 2.00 bits per heavy atom. The zero-order valence-corrected chi connectivity index (χ0v) is 9.77. The molecule has 0 radical (unpaired) electrons. The van der Waals surface area contributed by atoms with Crippen LogP contribution in [0.1, 0.15) is 19.4 Å². The molecule has 0 atom stereocenters. The average Bonchev–Trinajstić information content (AvgIpc) is 2.27. The normalized spacial score (nSPS) is 10.9. The Labute approximate surface area is 95.6 Å². The fraction of sp³-hybridized carbons (Fsp3) is 0.273. The molecule has 15 heavy (non-hydrogen) atoms. The van der Waals surface area contributed by atoms with Crippen LogP contribution in [-0.2, 0) is 0 Å². The van der Waals surface area contributed by atoms with Gasteiger partial charge in [0.15, 0.2) is 5.11 Å². The molecule has 0 heterocycles. The summed E-state index contributed by atoms with van der Waals surface area (Å²) < 4.78 is 0. The highest BCUT2D eigenvalue weighted by atomic mass is 32.1. The fourth-order valence-electron chi connectivity index (χ4n) is 1.08. The van der Waals surface area contributed by atoms with E-state index in [1.165, 1.54) is 0 Å². The molecule has 0 unspecified atom stereocenters. The lowest BCUT2D eigenvalue weighted by Crippen LogP contribution is -2.32. The molecule has 0 amide bonds. The monoisotopic (exact) mass is 221 g/mol. The van der Waals surface area contributed by atoms with Crippen LogP contribution in [0.25, 0.3) is 0 Å². The lowest BCUT2D eigenvalue weighted by atomic mass is 10.1. The predicted octanol–water partition coefficient (Wildman–Crippen LogP) is 1.89. The van der Waals surface area contributed by atoms with Crippen molar-refractivity contribution in [2.75, 3.05) is 6.54 Å². The zero-order valence-electron chi connectivity index (χ0n) is 8.95. The van der Waals surface area contributed by atoms with Crippen molar-refractivity contribution in [2.24, 2.45) is 5.10 Å². The van der Waals surface area contributed by atoms with E-state index in [9.17, 15) is 0 Å². The maximum Gasteiger partial charge on any atom is 0.186 e. The highest BCUT2D eigenvalue weighted by molar-refractivity contribution is 7.80. The SMILES string of the molecule is CCNC(=S)NN=C(C)c1ccccc1. The first-order chi connectivity index (χ1) is 7.24. The number of benzene rings is 1. The quantitative estimate of drug-likeness (QED) is 0.465. The first kappa shape index (κ1) is 11.7. The van der Waals surface area contributed by atoms with E-state index in [1.54, 1.807) is 0 Å². The van der Waals surface area contributed by atoms with Crippen LogP contribution in [0.3, 0.4) is 0 Å². The van der Waals surface area contributed by atoms with Gasteiger partial charge in [-0.05, 0) is 31.6 Å². The van der Waals surface area contributed by atoms with Crippen LogP contribution in [0.2, 0.25) is 0 Å². The number of thiocarbonyl (C=S) groups is 1. The molecule has 0 spiro atoms. The van der Waals surface area contributed by atoms with Gasteiger partial charge in [-0.25, -0.2) is 0 Å². The van der Waals surface area contributed by atoms with Crippen molar-refractivity contribution in [3.8, 4) is 0 Å². The van der Waals surface area contributed by atoms with Gasteiger partial charge in [-0.1, -0.05) is 30.3 Å². The van der Waals surface area contributed by atoms with Crippen LogP contribution in [0.5, 0.6) is 0 Å². The predicted molar refractivity (Wildman–Crippen MR) is 68.1 cm³/mol. The van der Waals surface area contributed by atoms with Gasteiger partial charge in [-0.15, -0.1) is 0 Å². The smallest absolute Gasteiger partial charge is 0.186 e. The van der Waals surface area contributed by atoms with Gasteiger partial charge in [0.2, 0.25) is 0 Å². The molecule has 3 nitrogen and oxygen atoms in total. The van der Waals surface area contributed by atoms with Crippen molar-refractivity contribution < 1.29 is 0 Å². The number of nitrogens with zero attached hydrogens (tertiary/aromatic N) is 1. The fourth-order valence-corrected chi connectivity index (χ4v) is 1.27. The van der Waals surface area contributed by atoms with Crippen molar-refractivity contribution >= 4 is 23.0 Å². The van der Waals surface area contributed by atoms with E-state index in [-0.39, 0.29) is 0 Å². The Kier molecular flexibility index (Phi) is 4.77. The highest BCUT2D eigenvalue weighted by Crippen LogP contribution is 1.99. The Bertz CT molecular complexity index is 346. The molecular formula is C11H15N3S. The Balaban J connectivity index is 2.57. The molecular weight excluding hydrogens is 206 g/mol. The summed E-state index contributed by atoms with van der Waals surface area (Å²) in [5.41, 5.74) is 4.79. The van der Waals surface area contributed by atoms with Crippen LogP contribution < -0.4 is 10.7 Å². The van der Waals surface area contributed by atoms with Crippen molar-refractivity contribution in [2.45, 2.75) is 13.8 Å². The molecule has 1 aromatic rings. The summed E-state index contributed by atoms with van der Waals surface area (Å²) in [7, 11) is 0. The summed E-state index contributed by atoms with van der Waals surface area (Å²) in [6, 6.07) is 9.97. The van der Waals surface area contributed by atoms with Crippen molar-refractivity contribution in [3.63, 3.8) is 0 Å². The molecule has 0 aliphatic rings. The van der Waals surface area contributed by atoms with E-state index < -0.39 is 0 Å². The van der Waals surface area contributed by atoms with Gasteiger partial charge in [-0.3, -0.25) is 5.43 Å². The van der Waals surface area contributed by atoms with Crippen molar-refractivity contribution in [3.05, 3.63) is 35.9 Å². The molecule has 0 bridgehead atoms. The van der Waals surface area contributed by atoms with E-state index in [0.29, 0.717) is 5.11 Å². The van der Waals surface area contributed by atoms with Crippen LogP contribution in [0.15, 0.2) is 35.4 Å². The van der Waals surface area contributed by atoms with E-state index in [4.69, 9.17) is 12.2 Å². The van der Waals surface area contributed by atoms with Crippen molar-refractivity contribution in [1.29, 1.82) is 0 Å². The van der Waals surface area contributed by atoms with E-state index in [1.807, 2.05) is 44.2 Å². The van der Waals surface area contributed by atoms with E-state index in [0.717, 1.165) is 17.8 Å². The largest absolute Gasteiger partial charge is 0.362 e. The molecule has 0 aromatic heterocycles. The Hall–Kier alpha value is -1.42. The summed E-state index contributed by atoms with van der Waals surface area (Å²) in [4.78, 5) is 0. The maximum atomic E-state index is 4.99. The first-order valence-electron chi connectivity index (χ1n) is 4.87. The molecule has 0 fully saturated rings. The van der Waals surface area contributed by atoms with Gasteiger partial charge in [0.05, 0.1) is 5.71 Å². The number of hydrogen-bond donors (Lipinski definition) is 2. The summed E-state index contributed by atoms with van der Waals surface area (Å²) >= 11 is 4.99. The van der Waals surface area contributed by atoms with Crippen LogP contribution >= 0.6 is 12.2 Å². The standard InChI is InChI=1S/C11H15N3S/c1-3-12-11(15)14-13-9(2)10-7-5-4-6-8-10/h4-8H,3H2,1-2H3,(H2,12,14,15). The molecule has 4 heteroatoms. The number of hydrazone groups is 1. The molecule has 2 N–H and O–H groups in total. The number of nitrogens with one attached hydrogen (secondary N) is 2. The van der Waals surface area contributed by atoms with Gasteiger partial charge in [0.1, 0.15) is 0 Å². The van der Waals surface area contributed by atoms with Gasteiger partial charge in [0.25, 0.3) is 0 Å². The molecule has 0 saturated heterocycles. The average molecular weight is 221 g/mol. The maximum absolute atomic E-state index is 4.99. The second-order valence-electron chi connectivity index (χ2n) is 3.03. The third-order valence-electron chi connectivity index (χ3n) is 1.85. The summed E-state index contributed by atoms with van der Waals surface area (Å²) in [6.45, 7) is 4.73. The lowest BCUT2D eigenvalue weighted by molar-refractivity contribution is 0.901. The second-order valence-corrected chi connectivity index (χ2v) is 3.44. The minimum atomic E-state index is 0.549. The van der Waals surface area contributed by atoms with Gasteiger partial charge < -0.3 is 5.32 Å². The van der Waals surface area contributed by atoms with Crippen LogP contribution in [0, 0.1) is 0 Å². The van der Waals surface area contributed by atoms with E-state index >= 15 is 0 Å². The third kappa shape index (κ3) is 4.08. The minimum Gasteiger partial charge on any atom is -0.362 e. The van der Waals surface area contributed by atoms with Crippen LogP contribution in [-0.4, -0.2) is 17.4 Å². The van der Waals surface area contributed by atoms with Gasteiger partial charge in [0, 0.05) is 6.54 Å². The van der Waals surface area contributed by atoms with Crippen LogP contribution in [0.4, 0.5) is 0 Å². The molecule has 1 rings (SSSR count). The molecule has 0 aliphatic heterocycles. The zero-order chi connectivity index (χ0) is 11.1. The van der Waals surface area contributed by atoms with Gasteiger partial charge >= 0.3 is 0 Å². The molecule has 80 valence electrons. The lowest BCUT2D eigenvalue weighted by Gasteiger charge is -2.05. The number of hydrogen-bond acceptors (Lipinski definition) is 2. The summed E-state index contributed by atoms with van der Waals surface area (Å²) in [5.74, 6) is 0. The Morgan fingerprint density at radius 1 is 1.33 bits per heavy atom.